The molecule has 0 aliphatic rings. The van der Waals surface area contributed by atoms with E-state index in [0.717, 1.165) is 6.42 Å². The zero-order valence-electron chi connectivity index (χ0n) is 9.81. The summed E-state index contributed by atoms with van der Waals surface area (Å²) in [6.45, 7) is 3.70. The van der Waals surface area contributed by atoms with E-state index in [1.54, 1.807) is 6.92 Å². The second-order valence-corrected chi connectivity index (χ2v) is 3.50. The molecular formula is C9H14N4O4. The number of amides is 1. The van der Waals surface area contributed by atoms with Crippen LogP contribution >= 0.6 is 0 Å². The van der Waals surface area contributed by atoms with Gasteiger partial charge in [0, 0.05) is 6.04 Å². The van der Waals surface area contributed by atoms with Gasteiger partial charge in [0.25, 0.3) is 5.91 Å². The minimum Gasteiger partial charge on any atom is -0.475 e. The van der Waals surface area contributed by atoms with Crippen molar-refractivity contribution in [1.29, 1.82) is 0 Å². The van der Waals surface area contributed by atoms with Gasteiger partial charge in [-0.2, -0.15) is 0 Å². The maximum absolute atomic E-state index is 11.7. The summed E-state index contributed by atoms with van der Waals surface area (Å²) in [5.74, 6) is -0.772. The smallest absolute Gasteiger partial charge is 0.362 e. The van der Waals surface area contributed by atoms with Crippen LogP contribution in [0.2, 0.25) is 0 Å². The van der Waals surface area contributed by atoms with Crippen LogP contribution < -0.4 is 10.1 Å². The Morgan fingerprint density at radius 3 is 2.82 bits per heavy atom. The Morgan fingerprint density at radius 1 is 1.71 bits per heavy atom. The van der Waals surface area contributed by atoms with E-state index in [-0.39, 0.29) is 17.6 Å². The van der Waals surface area contributed by atoms with Crippen LogP contribution in [0.5, 0.6) is 5.88 Å². The first-order chi connectivity index (χ1) is 8.01. The Balaban J connectivity index is 3.01. The van der Waals surface area contributed by atoms with Crippen LogP contribution in [0.25, 0.3) is 0 Å². The minimum atomic E-state index is -0.701. The van der Waals surface area contributed by atoms with Crippen LogP contribution in [0.3, 0.4) is 0 Å². The molecule has 1 rings (SSSR count). The number of carbonyl (C=O) groups excluding carboxylic acids is 1. The number of rotatable bonds is 5. The molecule has 0 radical (unpaired) electrons. The van der Waals surface area contributed by atoms with Crippen LogP contribution in [-0.2, 0) is 0 Å². The third-order valence-electron chi connectivity index (χ3n) is 2.30. The summed E-state index contributed by atoms with van der Waals surface area (Å²) in [6.07, 6.45) is 0.727. The Kier molecular flexibility index (Phi) is 4.02. The van der Waals surface area contributed by atoms with Crippen molar-refractivity contribution in [2.45, 2.75) is 26.3 Å². The number of nitro groups is 1. The van der Waals surface area contributed by atoms with Gasteiger partial charge in [0.05, 0.1) is 12.0 Å². The molecule has 1 aromatic heterocycles. The zero-order valence-corrected chi connectivity index (χ0v) is 9.81. The number of ether oxygens (including phenoxy) is 1. The number of aromatic nitrogens is 2. The van der Waals surface area contributed by atoms with Gasteiger partial charge in [-0.05, 0) is 13.3 Å². The van der Waals surface area contributed by atoms with E-state index in [0.29, 0.717) is 0 Å². The highest BCUT2D eigenvalue weighted by molar-refractivity contribution is 5.97. The fourth-order valence-electron chi connectivity index (χ4n) is 1.19. The van der Waals surface area contributed by atoms with Crippen LogP contribution in [-0.4, -0.2) is 34.2 Å². The number of carbonyl (C=O) groups is 1. The molecular weight excluding hydrogens is 228 g/mol. The van der Waals surface area contributed by atoms with Crippen molar-refractivity contribution in [1.82, 2.24) is 15.5 Å². The van der Waals surface area contributed by atoms with Crippen LogP contribution in [0.15, 0.2) is 0 Å². The van der Waals surface area contributed by atoms with Crippen molar-refractivity contribution in [3.8, 4) is 5.88 Å². The molecule has 94 valence electrons. The lowest BCUT2D eigenvalue weighted by Crippen LogP contribution is -2.32. The molecule has 0 saturated carbocycles. The predicted octanol–water partition coefficient (Wildman–Crippen LogP) is 0.855. The highest BCUT2D eigenvalue weighted by atomic mass is 16.6. The number of hydrogen-bond donors (Lipinski definition) is 2. The molecule has 0 aliphatic carbocycles. The number of nitrogens with zero attached hydrogens (tertiary/aromatic N) is 2. The van der Waals surface area contributed by atoms with Gasteiger partial charge in [0.2, 0.25) is 5.69 Å². The molecule has 1 heterocycles. The van der Waals surface area contributed by atoms with Gasteiger partial charge in [-0.3, -0.25) is 20.0 Å². The SMILES string of the molecule is CCC(C)NC(=O)c1[nH]nc(OC)c1[N+](=O)[O-]. The molecule has 1 atom stereocenters. The fraction of sp³-hybridized carbons (Fsp3) is 0.556. The summed E-state index contributed by atoms with van der Waals surface area (Å²) in [5.41, 5.74) is -0.652. The predicted molar refractivity (Wildman–Crippen MR) is 59.0 cm³/mol. The highest BCUT2D eigenvalue weighted by Crippen LogP contribution is 2.27. The molecule has 1 amide bonds. The third kappa shape index (κ3) is 2.71. The van der Waals surface area contributed by atoms with Crippen molar-refractivity contribution in [3.63, 3.8) is 0 Å². The average molecular weight is 242 g/mol. The van der Waals surface area contributed by atoms with E-state index < -0.39 is 16.5 Å². The standard InChI is InChI=1S/C9H14N4O4/c1-4-5(2)10-8(14)6-7(13(15)16)9(17-3)12-11-6/h5H,4H2,1-3H3,(H,10,14)(H,11,12). The Labute approximate surface area is 97.5 Å². The highest BCUT2D eigenvalue weighted by Gasteiger charge is 2.30. The molecule has 2 N–H and O–H groups in total. The first kappa shape index (κ1) is 12.9. The summed E-state index contributed by atoms with van der Waals surface area (Å²) in [4.78, 5) is 21.8. The average Bonchev–Trinajstić information content (AvgIpc) is 2.72. The maximum Gasteiger partial charge on any atom is 0.362 e. The van der Waals surface area contributed by atoms with Crippen molar-refractivity contribution < 1.29 is 14.5 Å². The molecule has 8 nitrogen and oxygen atoms in total. The van der Waals surface area contributed by atoms with E-state index in [9.17, 15) is 14.9 Å². The van der Waals surface area contributed by atoms with Gasteiger partial charge in [0.1, 0.15) is 0 Å². The summed E-state index contributed by atoms with van der Waals surface area (Å²) in [7, 11) is 1.25. The normalized spacial score (nSPS) is 11.9. The molecule has 0 saturated heterocycles. The van der Waals surface area contributed by atoms with Gasteiger partial charge in [-0.25, -0.2) is 0 Å². The Bertz CT molecular complexity index is 429. The van der Waals surface area contributed by atoms with Crippen LogP contribution in [0, 0.1) is 10.1 Å². The number of hydrogen-bond acceptors (Lipinski definition) is 5. The lowest BCUT2D eigenvalue weighted by atomic mass is 10.2. The van der Waals surface area contributed by atoms with Gasteiger partial charge >= 0.3 is 11.6 Å². The first-order valence-electron chi connectivity index (χ1n) is 5.08. The van der Waals surface area contributed by atoms with E-state index >= 15 is 0 Å². The molecule has 0 spiro atoms. The summed E-state index contributed by atoms with van der Waals surface area (Å²) >= 11 is 0. The second kappa shape index (κ2) is 5.28. The van der Waals surface area contributed by atoms with Crippen LogP contribution in [0.1, 0.15) is 30.8 Å². The van der Waals surface area contributed by atoms with Gasteiger partial charge in [-0.15, -0.1) is 5.10 Å². The molecule has 0 aromatic carbocycles. The lowest BCUT2D eigenvalue weighted by Gasteiger charge is -2.09. The van der Waals surface area contributed by atoms with E-state index in [2.05, 4.69) is 15.5 Å². The summed E-state index contributed by atoms with van der Waals surface area (Å²) in [5, 5.41) is 19.3. The zero-order chi connectivity index (χ0) is 13.0. The Morgan fingerprint density at radius 2 is 2.35 bits per heavy atom. The molecule has 8 heteroatoms. The fourth-order valence-corrected chi connectivity index (χ4v) is 1.19. The van der Waals surface area contributed by atoms with Crippen molar-refractivity contribution in [2.75, 3.05) is 7.11 Å². The monoisotopic (exact) mass is 242 g/mol. The summed E-state index contributed by atoms with van der Waals surface area (Å²) < 4.78 is 4.70. The molecule has 17 heavy (non-hydrogen) atoms. The van der Waals surface area contributed by atoms with Crippen LogP contribution in [0.4, 0.5) is 5.69 Å². The number of methoxy groups -OCH3 is 1. The minimum absolute atomic E-state index is 0.0728. The van der Waals surface area contributed by atoms with Crippen molar-refractivity contribution in [3.05, 3.63) is 15.8 Å². The van der Waals surface area contributed by atoms with Gasteiger partial charge < -0.3 is 10.1 Å². The third-order valence-corrected chi connectivity index (χ3v) is 2.30. The second-order valence-electron chi connectivity index (χ2n) is 3.50. The maximum atomic E-state index is 11.7. The lowest BCUT2D eigenvalue weighted by molar-refractivity contribution is -0.386. The molecule has 1 aromatic rings. The summed E-state index contributed by atoms with van der Waals surface area (Å²) in [6, 6.07) is -0.0728. The molecule has 0 aliphatic heterocycles. The number of aromatic amines is 1. The van der Waals surface area contributed by atoms with Crippen molar-refractivity contribution >= 4 is 11.6 Å². The molecule has 1 unspecified atom stereocenters. The van der Waals surface area contributed by atoms with E-state index in [1.165, 1.54) is 7.11 Å². The first-order valence-corrected chi connectivity index (χ1v) is 5.08. The quantitative estimate of drug-likeness (QED) is 0.587. The topological polar surface area (TPSA) is 110 Å². The van der Waals surface area contributed by atoms with Crippen molar-refractivity contribution in [2.24, 2.45) is 0 Å². The largest absolute Gasteiger partial charge is 0.475 e. The Hall–Kier alpha value is -2.12. The molecule has 0 fully saturated rings. The van der Waals surface area contributed by atoms with Gasteiger partial charge in [0.15, 0.2) is 0 Å². The number of nitrogens with one attached hydrogen (secondary N) is 2. The van der Waals surface area contributed by atoms with Gasteiger partial charge in [-0.1, -0.05) is 6.92 Å². The van der Waals surface area contributed by atoms with E-state index in [1.807, 2.05) is 6.92 Å². The van der Waals surface area contributed by atoms with E-state index in [4.69, 9.17) is 4.74 Å². The molecule has 0 bridgehead atoms. The number of H-pyrrole nitrogens is 1.